The van der Waals surface area contributed by atoms with Crippen LogP contribution in [-0.2, 0) is 4.79 Å². The van der Waals surface area contributed by atoms with Gasteiger partial charge in [-0.25, -0.2) is 4.79 Å². The lowest BCUT2D eigenvalue weighted by Crippen LogP contribution is -3.16. The summed E-state index contributed by atoms with van der Waals surface area (Å²) in [5, 5.41) is 5.21. The number of amides is 3. The van der Waals surface area contributed by atoms with E-state index in [-0.39, 0.29) is 12.5 Å². The first-order valence-electron chi connectivity index (χ1n) is 10.4. The first kappa shape index (κ1) is 21.6. The normalized spacial score (nSPS) is 14.3. The van der Waals surface area contributed by atoms with Gasteiger partial charge < -0.3 is 19.9 Å². The Morgan fingerprint density at radius 1 is 1.07 bits per heavy atom. The van der Waals surface area contributed by atoms with E-state index >= 15 is 0 Å². The summed E-state index contributed by atoms with van der Waals surface area (Å²) in [6, 6.07) is 13.3. The Hall–Kier alpha value is -3.06. The molecular weight excluding hydrogens is 380 g/mol. The molecule has 1 saturated heterocycles. The largest absolute Gasteiger partial charge is 0.492 e. The lowest BCUT2D eigenvalue weighted by molar-refractivity contribution is -0.892. The van der Waals surface area contributed by atoms with Gasteiger partial charge in [0.2, 0.25) is 0 Å². The average molecular weight is 412 g/mol. The van der Waals surface area contributed by atoms with E-state index in [2.05, 4.69) is 21.6 Å². The van der Waals surface area contributed by atoms with Crippen LogP contribution in [0.1, 0.15) is 18.1 Å². The molecule has 0 aliphatic carbocycles. The van der Waals surface area contributed by atoms with Crippen molar-refractivity contribution in [3.05, 3.63) is 53.6 Å². The number of nitrogens with zero attached hydrogens (tertiary/aromatic N) is 1. The van der Waals surface area contributed by atoms with Gasteiger partial charge in [0.1, 0.15) is 5.75 Å². The second kappa shape index (κ2) is 10.1. The maximum Gasteiger partial charge on any atom is 0.326 e. The highest BCUT2D eigenvalue weighted by Gasteiger charge is 2.24. The topological polar surface area (TPSA) is 75.1 Å². The molecule has 3 rings (SSSR count). The Morgan fingerprint density at radius 3 is 2.53 bits per heavy atom. The van der Waals surface area contributed by atoms with Crippen molar-refractivity contribution in [2.75, 3.05) is 49.5 Å². The number of piperazine rings is 1. The molecule has 3 amide bonds. The SMILES string of the molecule is CCOc1ccccc1N1CC[NH+](CC(=O)NC(=O)Nc2cccc(C)c2C)CC1. The van der Waals surface area contributed by atoms with E-state index in [0.717, 1.165) is 53.6 Å². The number of rotatable bonds is 6. The summed E-state index contributed by atoms with van der Waals surface area (Å²) >= 11 is 0. The second-order valence-corrected chi connectivity index (χ2v) is 7.56. The zero-order valence-electron chi connectivity index (χ0n) is 18.0. The molecule has 1 heterocycles. The van der Waals surface area contributed by atoms with Crippen LogP contribution in [0.2, 0.25) is 0 Å². The van der Waals surface area contributed by atoms with Crippen molar-refractivity contribution in [1.82, 2.24) is 5.32 Å². The third-order valence-electron chi connectivity index (χ3n) is 5.49. The molecule has 7 nitrogen and oxygen atoms in total. The van der Waals surface area contributed by atoms with E-state index in [9.17, 15) is 9.59 Å². The molecule has 160 valence electrons. The quantitative estimate of drug-likeness (QED) is 0.677. The molecule has 7 heteroatoms. The van der Waals surface area contributed by atoms with Crippen molar-refractivity contribution in [1.29, 1.82) is 0 Å². The number of carbonyl (C=O) groups excluding carboxylic acids is 2. The zero-order valence-corrected chi connectivity index (χ0v) is 18.0. The van der Waals surface area contributed by atoms with Gasteiger partial charge in [-0.3, -0.25) is 10.1 Å². The fourth-order valence-electron chi connectivity index (χ4n) is 3.67. The number of ether oxygens (including phenoxy) is 1. The highest BCUT2D eigenvalue weighted by molar-refractivity contribution is 6.01. The molecule has 0 spiro atoms. The summed E-state index contributed by atoms with van der Waals surface area (Å²) < 4.78 is 5.73. The minimum atomic E-state index is -0.489. The molecule has 0 aromatic heterocycles. The van der Waals surface area contributed by atoms with Gasteiger partial charge in [-0.1, -0.05) is 24.3 Å². The number of nitrogens with one attached hydrogen (secondary N) is 3. The second-order valence-electron chi connectivity index (χ2n) is 7.56. The monoisotopic (exact) mass is 411 g/mol. The number of imide groups is 1. The number of aryl methyl sites for hydroxylation is 1. The molecule has 1 aliphatic rings. The number of benzene rings is 2. The molecule has 30 heavy (non-hydrogen) atoms. The molecule has 0 unspecified atom stereocenters. The maximum absolute atomic E-state index is 12.3. The van der Waals surface area contributed by atoms with Crippen molar-refractivity contribution in [2.45, 2.75) is 20.8 Å². The number of carbonyl (C=O) groups is 2. The van der Waals surface area contributed by atoms with Gasteiger partial charge in [0.15, 0.2) is 6.54 Å². The van der Waals surface area contributed by atoms with Crippen LogP contribution >= 0.6 is 0 Å². The lowest BCUT2D eigenvalue weighted by atomic mass is 10.1. The molecule has 0 bridgehead atoms. The fourth-order valence-corrected chi connectivity index (χ4v) is 3.67. The number of hydrogen-bond donors (Lipinski definition) is 3. The highest BCUT2D eigenvalue weighted by Crippen LogP contribution is 2.27. The lowest BCUT2D eigenvalue weighted by Gasteiger charge is -2.34. The van der Waals surface area contributed by atoms with Crippen LogP contribution in [0.5, 0.6) is 5.75 Å². The van der Waals surface area contributed by atoms with E-state index < -0.39 is 6.03 Å². The Labute approximate surface area is 178 Å². The van der Waals surface area contributed by atoms with Crippen LogP contribution < -0.4 is 25.2 Å². The first-order chi connectivity index (χ1) is 14.5. The number of para-hydroxylation sites is 2. The van der Waals surface area contributed by atoms with Crippen LogP contribution in [0, 0.1) is 13.8 Å². The van der Waals surface area contributed by atoms with Gasteiger partial charge in [-0.05, 0) is 50.1 Å². The number of hydrogen-bond acceptors (Lipinski definition) is 4. The van der Waals surface area contributed by atoms with E-state index in [1.807, 2.05) is 57.2 Å². The first-order valence-corrected chi connectivity index (χ1v) is 10.4. The average Bonchev–Trinajstić information content (AvgIpc) is 2.72. The highest BCUT2D eigenvalue weighted by atomic mass is 16.5. The van der Waals surface area contributed by atoms with Gasteiger partial charge in [-0.2, -0.15) is 0 Å². The molecule has 1 aliphatic heterocycles. The number of anilines is 2. The van der Waals surface area contributed by atoms with Gasteiger partial charge in [0, 0.05) is 5.69 Å². The van der Waals surface area contributed by atoms with Gasteiger partial charge in [0.25, 0.3) is 5.91 Å². The number of quaternary nitrogens is 1. The Kier molecular flexibility index (Phi) is 7.30. The maximum atomic E-state index is 12.3. The predicted octanol–water partition coefficient (Wildman–Crippen LogP) is 1.76. The van der Waals surface area contributed by atoms with Crippen LogP contribution in [0.4, 0.5) is 16.2 Å². The fraction of sp³-hybridized carbons (Fsp3) is 0.391. The van der Waals surface area contributed by atoms with E-state index in [4.69, 9.17) is 4.74 Å². The summed E-state index contributed by atoms with van der Waals surface area (Å²) in [5.74, 6) is 0.625. The smallest absolute Gasteiger partial charge is 0.326 e. The third-order valence-corrected chi connectivity index (χ3v) is 5.49. The van der Waals surface area contributed by atoms with E-state index in [0.29, 0.717) is 12.3 Å². The molecular formula is C23H31N4O3+. The molecule has 0 atom stereocenters. The number of urea groups is 1. The molecule has 0 radical (unpaired) electrons. The molecule has 2 aromatic rings. The molecule has 3 N–H and O–H groups in total. The summed E-state index contributed by atoms with van der Waals surface area (Å²) in [7, 11) is 0. The molecule has 0 saturated carbocycles. The van der Waals surface area contributed by atoms with E-state index in [1.165, 1.54) is 0 Å². The third kappa shape index (κ3) is 5.51. The van der Waals surface area contributed by atoms with Crippen LogP contribution in [0.15, 0.2) is 42.5 Å². The summed E-state index contributed by atoms with van der Waals surface area (Å²) in [4.78, 5) is 28.0. The minimum absolute atomic E-state index is 0.268. The van der Waals surface area contributed by atoms with Gasteiger partial charge in [0.05, 0.1) is 38.5 Å². The van der Waals surface area contributed by atoms with Crippen LogP contribution in [-0.4, -0.2) is 51.3 Å². The molecule has 2 aromatic carbocycles. The predicted molar refractivity (Wildman–Crippen MR) is 118 cm³/mol. The van der Waals surface area contributed by atoms with E-state index in [1.54, 1.807) is 0 Å². The van der Waals surface area contributed by atoms with Crippen molar-refractivity contribution < 1.29 is 19.2 Å². The molecule has 1 fully saturated rings. The van der Waals surface area contributed by atoms with Crippen molar-refractivity contribution in [3.63, 3.8) is 0 Å². The standard InChI is InChI=1S/C23H30N4O3/c1-4-30-21-11-6-5-10-20(21)27-14-12-26(13-15-27)16-22(28)25-23(29)24-19-9-7-8-17(2)18(19)3/h5-11H,4,12-16H2,1-3H3,(H2,24,25,28,29)/p+1. The Bertz CT molecular complexity index is 892. The van der Waals surface area contributed by atoms with Gasteiger partial charge >= 0.3 is 6.03 Å². The zero-order chi connectivity index (χ0) is 21.5. The Balaban J connectivity index is 1.47. The summed E-state index contributed by atoms with van der Waals surface area (Å²) in [6.45, 7) is 10.1. The van der Waals surface area contributed by atoms with Crippen LogP contribution in [0.3, 0.4) is 0 Å². The minimum Gasteiger partial charge on any atom is -0.492 e. The summed E-state index contributed by atoms with van der Waals surface area (Å²) in [6.07, 6.45) is 0. The Morgan fingerprint density at radius 2 is 1.80 bits per heavy atom. The van der Waals surface area contributed by atoms with Gasteiger partial charge in [-0.15, -0.1) is 0 Å². The van der Waals surface area contributed by atoms with Crippen molar-refractivity contribution >= 4 is 23.3 Å². The van der Waals surface area contributed by atoms with Crippen molar-refractivity contribution in [3.8, 4) is 5.75 Å². The van der Waals surface area contributed by atoms with Crippen molar-refractivity contribution in [2.24, 2.45) is 0 Å². The van der Waals surface area contributed by atoms with Crippen LogP contribution in [0.25, 0.3) is 0 Å². The summed E-state index contributed by atoms with van der Waals surface area (Å²) in [5.41, 5.74) is 3.89.